The standard InChI is InChI=1S/C15H12BrClN2O4/c1-22-9-4-5-11(16)10(7-9)15(21)23-8-13(20)19-12-3-2-6-18-14(12)17/h2-7H,8H2,1H3,(H,19,20). The summed E-state index contributed by atoms with van der Waals surface area (Å²) in [5.41, 5.74) is 0.606. The van der Waals surface area contributed by atoms with Gasteiger partial charge in [0.2, 0.25) is 0 Å². The fourth-order valence-electron chi connectivity index (χ4n) is 1.66. The maximum Gasteiger partial charge on any atom is 0.339 e. The highest BCUT2D eigenvalue weighted by Gasteiger charge is 2.15. The minimum atomic E-state index is -0.650. The van der Waals surface area contributed by atoms with E-state index in [0.717, 1.165) is 0 Å². The average molecular weight is 400 g/mol. The topological polar surface area (TPSA) is 77.5 Å². The van der Waals surface area contributed by atoms with Crippen LogP contribution in [0.5, 0.6) is 5.75 Å². The highest BCUT2D eigenvalue weighted by molar-refractivity contribution is 9.10. The third-order valence-electron chi connectivity index (χ3n) is 2.76. The number of hydrogen-bond donors (Lipinski definition) is 1. The second-order valence-corrected chi connectivity index (χ2v) is 5.52. The SMILES string of the molecule is COc1ccc(Br)c(C(=O)OCC(=O)Nc2cccnc2Cl)c1. The van der Waals surface area contributed by atoms with Crippen molar-refractivity contribution < 1.29 is 19.1 Å². The van der Waals surface area contributed by atoms with Gasteiger partial charge in [0.15, 0.2) is 11.8 Å². The molecule has 0 unspecified atom stereocenters. The Morgan fingerprint density at radius 2 is 2.13 bits per heavy atom. The van der Waals surface area contributed by atoms with Crippen LogP contribution in [-0.4, -0.2) is 30.6 Å². The zero-order valence-corrected chi connectivity index (χ0v) is 14.3. The normalized spacial score (nSPS) is 10.0. The van der Waals surface area contributed by atoms with Crippen molar-refractivity contribution >= 4 is 45.1 Å². The Bertz CT molecular complexity index is 739. The van der Waals surface area contributed by atoms with Crippen molar-refractivity contribution in [3.05, 3.63) is 51.7 Å². The Labute approximate surface area is 145 Å². The summed E-state index contributed by atoms with van der Waals surface area (Å²) in [6, 6.07) is 8.08. The van der Waals surface area contributed by atoms with Gasteiger partial charge in [-0.2, -0.15) is 0 Å². The third-order valence-corrected chi connectivity index (χ3v) is 3.75. The highest BCUT2D eigenvalue weighted by Crippen LogP contribution is 2.23. The van der Waals surface area contributed by atoms with Gasteiger partial charge in [0, 0.05) is 10.7 Å². The maximum absolute atomic E-state index is 12.0. The third kappa shape index (κ3) is 4.67. The van der Waals surface area contributed by atoms with Crippen molar-refractivity contribution in [2.24, 2.45) is 0 Å². The Morgan fingerprint density at radius 3 is 2.83 bits per heavy atom. The summed E-state index contributed by atoms with van der Waals surface area (Å²) >= 11 is 9.08. The van der Waals surface area contributed by atoms with Crippen LogP contribution in [0.3, 0.4) is 0 Å². The first-order valence-corrected chi connectivity index (χ1v) is 7.59. The van der Waals surface area contributed by atoms with E-state index in [0.29, 0.717) is 15.9 Å². The van der Waals surface area contributed by atoms with Crippen LogP contribution < -0.4 is 10.1 Å². The molecule has 0 aliphatic rings. The largest absolute Gasteiger partial charge is 0.497 e. The lowest BCUT2D eigenvalue weighted by Gasteiger charge is -2.09. The molecule has 6 nitrogen and oxygen atoms in total. The van der Waals surface area contributed by atoms with E-state index in [1.165, 1.54) is 19.4 Å². The fourth-order valence-corrected chi connectivity index (χ4v) is 2.24. The predicted octanol–water partition coefficient (Wildman–Crippen LogP) is 3.30. The smallest absolute Gasteiger partial charge is 0.339 e. The number of ether oxygens (including phenoxy) is 2. The molecule has 0 fully saturated rings. The van der Waals surface area contributed by atoms with Gasteiger partial charge in [-0.25, -0.2) is 9.78 Å². The lowest BCUT2D eigenvalue weighted by atomic mass is 10.2. The molecule has 0 saturated heterocycles. The van der Waals surface area contributed by atoms with Crippen molar-refractivity contribution in [2.45, 2.75) is 0 Å². The predicted molar refractivity (Wildman–Crippen MR) is 88.9 cm³/mol. The molecule has 2 rings (SSSR count). The first kappa shape index (κ1) is 17.2. The van der Waals surface area contributed by atoms with Crippen molar-refractivity contribution in [1.29, 1.82) is 0 Å². The quantitative estimate of drug-likeness (QED) is 0.616. The molecular formula is C15H12BrClN2O4. The number of benzene rings is 1. The summed E-state index contributed by atoms with van der Waals surface area (Å²) in [6.07, 6.45) is 1.50. The van der Waals surface area contributed by atoms with E-state index in [1.54, 1.807) is 24.3 Å². The molecule has 1 heterocycles. The molecule has 0 saturated carbocycles. The lowest BCUT2D eigenvalue weighted by Crippen LogP contribution is -2.21. The molecule has 0 aliphatic heterocycles. The second-order valence-electron chi connectivity index (χ2n) is 4.31. The van der Waals surface area contributed by atoms with Gasteiger partial charge in [0.25, 0.3) is 5.91 Å². The molecule has 0 bridgehead atoms. The fraction of sp³-hybridized carbons (Fsp3) is 0.133. The number of carbonyl (C=O) groups excluding carboxylic acids is 2. The molecule has 120 valence electrons. The number of nitrogens with one attached hydrogen (secondary N) is 1. The van der Waals surface area contributed by atoms with E-state index < -0.39 is 18.5 Å². The molecule has 1 aromatic heterocycles. The van der Waals surface area contributed by atoms with Crippen molar-refractivity contribution in [1.82, 2.24) is 4.98 Å². The number of aromatic nitrogens is 1. The van der Waals surface area contributed by atoms with E-state index in [2.05, 4.69) is 26.2 Å². The monoisotopic (exact) mass is 398 g/mol. The van der Waals surface area contributed by atoms with E-state index in [4.69, 9.17) is 21.1 Å². The van der Waals surface area contributed by atoms with Gasteiger partial charge in [-0.15, -0.1) is 0 Å². The number of carbonyl (C=O) groups is 2. The molecule has 1 N–H and O–H groups in total. The Morgan fingerprint density at radius 1 is 1.35 bits per heavy atom. The van der Waals surface area contributed by atoms with E-state index in [1.807, 2.05) is 0 Å². The molecular weight excluding hydrogens is 388 g/mol. The summed E-state index contributed by atoms with van der Waals surface area (Å²) in [5, 5.41) is 2.66. The summed E-state index contributed by atoms with van der Waals surface area (Å²) in [5.74, 6) is -0.665. The number of nitrogens with zero attached hydrogens (tertiary/aromatic N) is 1. The van der Waals surface area contributed by atoms with Crippen LogP contribution in [0.4, 0.5) is 5.69 Å². The number of halogens is 2. The Balaban J connectivity index is 1.96. The number of methoxy groups -OCH3 is 1. The van der Waals surface area contributed by atoms with Crippen molar-refractivity contribution in [3.63, 3.8) is 0 Å². The van der Waals surface area contributed by atoms with E-state index in [-0.39, 0.29) is 10.7 Å². The van der Waals surface area contributed by atoms with Crippen LogP contribution in [0.25, 0.3) is 0 Å². The second kappa shape index (κ2) is 7.94. The van der Waals surface area contributed by atoms with Crippen LogP contribution in [0.15, 0.2) is 41.0 Å². The van der Waals surface area contributed by atoms with Crippen molar-refractivity contribution in [3.8, 4) is 5.75 Å². The average Bonchev–Trinajstić information content (AvgIpc) is 2.55. The van der Waals surface area contributed by atoms with Gasteiger partial charge in [-0.1, -0.05) is 11.6 Å². The molecule has 0 aliphatic carbocycles. The molecule has 1 amide bonds. The number of pyridine rings is 1. The molecule has 0 spiro atoms. The first-order chi connectivity index (χ1) is 11.0. The zero-order valence-electron chi connectivity index (χ0n) is 12.0. The molecule has 1 aromatic carbocycles. The molecule has 0 atom stereocenters. The van der Waals surface area contributed by atoms with Gasteiger partial charge in [0.05, 0.1) is 18.4 Å². The minimum absolute atomic E-state index is 0.155. The summed E-state index contributed by atoms with van der Waals surface area (Å²) in [4.78, 5) is 27.7. The van der Waals surface area contributed by atoms with Crippen LogP contribution >= 0.6 is 27.5 Å². The molecule has 23 heavy (non-hydrogen) atoms. The Hall–Kier alpha value is -2.12. The number of rotatable bonds is 5. The van der Waals surface area contributed by atoms with Crippen LogP contribution in [0.1, 0.15) is 10.4 Å². The number of hydrogen-bond acceptors (Lipinski definition) is 5. The van der Waals surface area contributed by atoms with Gasteiger partial charge in [-0.05, 0) is 46.3 Å². The molecule has 0 radical (unpaired) electrons. The Kier molecular flexibility index (Phi) is 5.95. The van der Waals surface area contributed by atoms with Crippen molar-refractivity contribution in [2.75, 3.05) is 19.0 Å². The number of anilines is 1. The lowest BCUT2D eigenvalue weighted by molar-refractivity contribution is -0.119. The van der Waals surface area contributed by atoms with Crippen LogP contribution in [0.2, 0.25) is 5.15 Å². The number of esters is 1. The molecule has 8 heteroatoms. The van der Waals surface area contributed by atoms with Gasteiger partial charge >= 0.3 is 5.97 Å². The minimum Gasteiger partial charge on any atom is -0.497 e. The van der Waals surface area contributed by atoms with E-state index in [9.17, 15) is 9.59 Å². The summed E-state index contributed by atoms with van der Waals surface area (Å²) in [7, 11) is 1.49. The van der Waals surface area contributed by atoms with Crippen LogP contribution in [0, 0.1) is 0 Å². The first-order valence-electron chi connectivity index (χ1n) is 6.42. The molecule has 2 aromatic rings. The maximum atomic E-state index is 12.0. The van der Waals surface area contributed by atoms with Gasteiger partial charge in [0.1, 0.15) is 5.75 Å². The van der Waals surface area contributed by atoms with Gasteiger partial charge < -0.3 is 14.8 Å². The van der Waals surface area contributed by atoms with E-state index >= 15 is 0 Å². The number of amides is 1. The summed E-state index contributed by atoms with van der Waals surface area (Å²) in [6.45, 7) is -0.451. The highest BCUT2D eigenvalue weighted by atomic mass is 79.9. The zero-order chi connectivity index (χ0) is 16.8. The van der Waals surface area contributed by atoms with Crippen LogP contribution in [-0.2, 0) is 9.53 Å². The summed E-state index contributed by atoms with van der Waals surface area (Å²) < 4.78 is 10.6. The van der Waals surface area contributed by atoms with Gasteiger partial charge in [-0.3, -0.25) is 4.79 Å².